The van der Waals surface area contributed by atoms with Crippen LogP contribution in [0.1, 0.15) is 20.8 Å². The van der Waals surface area contributed by atoms with Crippen molar-refractivity contribution in [3.8, 4) is 11.5 Å². The van der Waals surface area contributed by atoms with Gasteiger partial charge in [-0.15, -0.1) is 11.3 Å². The highest BCUT2D eigenvalue weighted by molar-refractivity contribution is 7.20. The fraction of sp³-hybridized carbons (Fsp3) is 0.176. The van der Waals surface area contributed by atoms with E-state index in [1.54, 1.807) is 32.4 Å². The van der Waals surface area contributed by atoms with E-state index >= 15 is 0 Å². The van der Waals surface area contributed by atoms with Gasteiger partial charge in [0.15, 0.2) is 11.5 Å². The van der Waals surface area contributed by atoms with Crippen LogP contribution in [0, 0.1) is 6.92 Å². The summed E-state index contributed by atoms with van der Waals surface area (Å²) in [5.41, 5.74) is 9.88. The second kappa shape index (κ2) is 7.36. The van der Waals surface area contributed by atoms with Crippen LogP contribution in [0.2, 0.25) is 0 Å². The second-order valence-corrected chi connectivity index (χ2v) is 6.31. The van der Waals surface area contributed by atoms with Gasteiger partial charge in [0, 0.05) is 0 Å². The molecule has 3 N–H and O–H groups in total. The van der Waals surface area contributed by atoms with E-state index in [9.17, 15) is 4.79 Å². The monoisotopic (exact) mass is 371 g/mol. The number of fused-ring (bicyclic) bond motifs is 1. The van der Waals surface area contributed by atoms with Gasteiger partial charge in [-0.05, 0) is 36.2 Å². The number of methoxy groups -OCH3 is 2. The fourth-order valence-corrected chi connectivity index (χ4v) is 3.51. The summed E-state index contributed by atoms with van der Waals surface area (Å²) < 4.78 is 10.4. The first kappa shape index (κ1) is 17.6. The highest BCUT2D eigenvalue weighted by atomic mass is 32.1. The Morgan fingerprint density at radius 1 is 1.27 bits per heavy atom. The molecule has 0 bridgehead atoms. The van der Waals surface area contributed by atoms with Crippen LogP contribution in [-0.2, 0) is 0 Å². The van der Waals surface area contributed by atoms with Crippen LogP contribution in [-0.4, -0.2) is 36.3 Å². The van der Waals surface area contributed by atoms with Gasteiger partial charge in [0.1, 0.15) is 17.0 Å². The highest BCUT2D eigenvalue weighted by Gasteiger charge is 2.18. The average molecular weight is 371 g/mol. The largest absolute Gasteiger partial charge is 0.493 e. The standard InChI is InChI=1S/C17H17N5O3S/c1-9-13-15(18)19-8-20-17(13)26-14(9)16(23)22-21-7-10-4-5-11(24-2)12(6-10)25-3/h4-8H,1-3H3,(H,22,23)(H2,18,19,20)/b21-7-. The molecule has 9 heteroatoms. The van der Waals surface area contributed by atoms with Crippen molar-refractivity contribution in [1.82, 2.24) is 15.4 Å². The maximum atomic E-state index is 12.4. The number of aryl methyl sites for hydroxylation is 1. The number of nitrogen functional groups attached to an aromatic ring is 1. The van der Waals surface area contributed by atoms with E-state index in [1.807, 2.05) is 6.92 Å². The minimum absolute atomic E-state index is 0.332. The summed E-state index contributed by atoms with van der Waals surface area (Å²) in [5, 5.41) is 4.70. The topological polar surface area (TPSA) is 112 Å². The number of aromatic nitrogens is 2. The number of amides is 1. The Morgan fingerprint density at radius 2 is 2.04 bits per heavy atom. The Kier molecular flexibility index (Phi) is 4.99. The number of nitrogens with zero attached hydrogens (tertiary/aromatic N) is 3. The lowest BCUT2D eigenvalue weighted by atomic mass is 10.2. The van der Waals surface area contributed by atoms with E-state index in [4.69, 9.17) is 15.2 Å². The molecular weight excluding hydrogens is 354 g/mol. The predicted octanol–water partition coefficient (Wildman–Crippen LogP) is 2.36. The molecule has 2 aromatic heterocycles. The van der Waals surface area contributed by atoms with Crippen LogP contribution >= 0.6 is 11.3 Å². The van der Waals surface area contributed by atoms with E-state index in [2.05, 4.69) is 20.5 Å². The zero-order valence-corrected chi connectivity index (χ0v) is 15.3. The number of nitrogens with one attached hydrogen (secondary N) is 1. The number of hydrogen-bond donors (Lipinski definition) is 2. The SMILES string of the molecule is COc1ccc(/C=N\NC(=O)c2sc3ncnc(N)c3c2C)cc1OC. The molecule has 0 saturated carbocycles. The molecule has 0 radical (unpaired) electrons. The molecule has 0 atom stereocenters. The van der Waals surface area contributed by atoms with Gasteiger partial charge in [-0.3, -0.25) is 4.79 Å². The number of nitrogens with two attached hydrogens (primary N) is 1. The molecular formula is C17H17N5O3S. The first-order chi connectivity index (χ1) is 12.5. The maximum absolute atomic E-state index is 12.4. The minimum Gasteiger partial charge on any atom is -0.493 e. The summed E-state index contributed by atoms with van der Waals surface area (Å²) in [6, 6.07) is 5.33. The van der Waals surface area contributed by atoms with Gasteiger partial charge in [0.05, 0.1) is 30.7 Å². The molecule has 0 saturated heterocycles. The van der Waals surface area contributed by atoms with Crippen molar-refractivity contribution in [2.75, 3.05) is 20.0 Å². The van der Waals surface area contributed by atoms with Gasteiger partial charge in [-0.2, -0.15) is 5.10 Å². The zero-order chi connectivity index (χ0) is 18.7. The lowest BCUT2D eigenvalue weighted by Crippen LogP contribution is -2.17. The summed E-state index contributed by atoms with van der Waals surface area (Å²) in [6.07, 6.45) is 2.90. The summed E-state index contributed by atoms with van der Waals surface area (Å²) in [7, 11) is 3.12. The quantitative estimate of drug-likeness (QED) is 0.526. The van der Waals surface area contributed by atoms with Crippen LogP contribution in [0.3, 0.4) is 0 Å². The van der Waals surface area contributed by atoms with Crippen molar-refractivity contribution < 1.29 is 14.3 Å². The Balaban J connectivity index is 1.78. The van der Waals surface area contributed by atoms with Crippen molar-refractivity contribution in [3.05, 3.63) is 40.5 Å². The molecule has 8 nitrogen and oxygen atoms in total. The van der Waals surface area contributed by atoms with Crippen molar-refractivity contribution in [2.45, 2.75) is 6.92 Å². The smallest absolute Gasteiger partial charge is 0.281 e. The number of hydrazone groups is 1. The lowest BCUT2D eigenvalue weighted by molar-refractivity contribution is 0.0958. The van der Waals surface area contributed by atoms with E-state index in [1.165, 1.54) is 23.9 Å². The van der Waals surface area contributed by atoms with E-state index in [0.717, 1.165) is 11.1 Å². The van der Waals surface area contributed by atoms with Crippen molar-refractivity contribution >= 4 is 39.5 Å². The van der Waals surface area contributed by atoms with Gasteiger partial charge in [-0.1, -0.05) is 0 Å². The molecule has 3 rings (SSSR count). The Morgan fingerprint density at radius 3 is 2.73 bits per heavy atom. The molecule has 0 aliphatic rings. The first-order valence-electron chi connectivity index (χ1n) is 7.60. The third kappa shape index (κ3) is 3.29. The molecule has 3 aromatic rings. The number of rotatable bonds is 5. The predicted molar refractivity (Wildman–Crippen MR) is 101 cm³/mol. The normalized spacial score (nSPS) is 11.0. The summed E-state index contributed by atoms with van der Waals surface area (Å²) in [6.45, 7) is 1.81. The number of carbonyl (C=O) groups is 1. The third-order valence-corrected chi connectivity index (χ3v) is 4.95. The molecule has 26 heavy (non-hydrogen) atoms. The van der Waals surface area contributed by atoms with Gasteiger partial charge in [-0.25, -0.2) is 15.4 Å². The molecule has 1 aromatic carbocycles. The number of hydrogen-bond acceptors (Lipinski definition) is 8. The molecule has 0 aliphatic carbocycles. The molecule has 0 unspecified atom stereocenters. The lowest BCUT2D eigenvalue weighted by Gasteiger charge is -2.07. The molecule has 0 fully saturated rings. The fourth-order valence-electron chi connectivity index (χ4n) is 2.46. The number of anilines is 1. The van der Waals surface area contributed by atoms with Crippen LogP contribution in [0.5, 0.6) is 11.5 Å². The molecule has 0 aliphatic heterocycles. The van der Waals surface area contributed by atoms with Crippen molar-refractivity contribution in [1.29, 1.82) is 0 Å². The van der Waals surface area contributed by atoms with E-state index in [-0.39, 0.29) is 5.91 Å². The number of ether oxygens (including phenoxy) is 2. The Bertz CT molecular complexity index is 999. The average Bonchev–Trinajstić information content (AvgIpc) is 2.99. The van der Waals surface area contributed by atoms with Gasteiger partial charge < -0.3 is 15.2 Å². The Labute approximate surface area is 153 Å². The molecule has 2 heterocycles. The van der Waals surface area contributed by atoms with E-state index < -0.39 is 0 Å². The summed E-state index contributed by atoms with van der Waals surface area (Å²) in [5.74, 6) is 1.23. The van der Waals surface area contributed by atoms with Gasteiger partial charge in [0.25, 0.3) is 5.91 Å². The number of thiophene rings is 1. The highest BCUT2D eigenvalue weighted by Crippen LogP contribution is 2.31. The van der Waals surface area contributed by atoms with Crippen LogP contribution in [0.15, 0.2) is 29.6 Å². The summed E-state index contributed by atoms with van der Waals surface area (Å²) in [4.78, 5) is 21.7. The van der Waals surface area contributed by atoms with Gasteiger partial charge >= 0.3 is 0 Å². The number of carbonyl (C=O) groups excluding carboxylic acids is 1. The first-order valence-corrected chi connectivity index (χ1v) is 8.41. The zero-order valence-electron chi connectivity index (χ0n) is 14.4. The van der Waals surface area contributed by atoms with Crippen LogP contribution in [0.25, 0.3) is 10.2 Å². The molecule has 134 valence electrons. The van der Waals surface area contributed by atoms with Crippen LogP contribution < -0.4 is 20.6 Å². The molecule has 1 amide bonds. The van der Waals surface area contributed by atoms with Gasteiger partial charge in [0.2, 0.25) is 0 Å². The van der Waals surface area contributed by atoms with Crippen molar-refractivity contribution in [2.24, 2.45) is 5.10 Å². The van der Waals surface area contributed by atoms with Crippen LogP contribution in [0.4, 0.5) is 5.82 Å². The minimum atomic E-state index is -0.332. The molecule has 0 spiro atoms. The van der Waals surface area contributed by atoms with Crippen molar-refractivity contribution in [3.63, 3.8) is 0 Å². The van der Waals surface area contributed by atoms with E-state index in [0.29, 0.717) is 32.4 Å². The second-order valence-electron chi connectivity index (χ2n) is 5.31. The summed E-state index contributed by atoms with van der Waals surface area (Å²) >= 11 is 1.25. The number of benzene rings is 1. The Hall–Kier alpha value is -3.20. The third-order valence-electron chi connectivity index (χ3n) is 3.75. The maximum Gasteiger partial charge on any atom is 0.281 e.